The Morgan fingerprint density at radius 3 is 2.50 bits per heavy atom. The van der Waals surface area contributed by atoms with E-state index in [1.165, 1.54) is 12.3 Å². The molecule has 0 saturated heterocycles. The molecule has 158 valence electrons. The van der Waals surface area contributed by atoms with Crippen molar-refractivity contribution in [3.8, 4) is 0 Å². The van der Waals surface area contributed by atoms with E-state index >= 15 is 0 Å². The summed E-state index contributed by atoms with van der Waals surface area (Å²) >= 11 is 11.6. The minimum Gasteiger partial charge on any atom is -0.478 e. The third kappa shape index (κ3) is 5.99. The van der Waals surface area contributed by atoms with Crippen LogP contribution in [0.4, 0.5) is 5.69 Å². The van der Waals surface area contributed by atoms with E-state index in [-0.39, 0.29) is 17.0 Å². The molecule has 0 radical (unpaired) electrons. The predicted molar refractivity (Wildman–Crippen MR) is 119 cm³/mol. The summed E-state index contributed by atoms with van der Waals surface area (Å²) in [5.41, 5.74) is 7.22. The minimum atomic E-state index is -2.49. The third-order valence-corrected chi connectivity index (χ3v) is 4.78. The molecule has 0 fully saturated rings. The number of carboxylic acid groups (broad SMARTS) is 1. The fraction of sp³-hybridized carbons (Fsp3) is 0.0526. The summed E-state index contributed by atoms with van der Waals surface area (Å²) in [6.07, 6.45) is 1.40. The Kier molecular flexibility index (Phi) is 7.87. The summed E-state index contributed by atoms with van der Waals surface area (Å²) in [7, 11) is -2.49. The molecule has 3 aromatic rings. The Morgan fingerprint density at radius 2 is 1.90 bits per heavy atom. The molecule has 0 aliphatic heterocycles. The first-order valence-corrected chi connectivity index (χ1v) is 10.4. The van der Waals surface area contributed by atoms with Crippen LogP contribution in [0.2, 0.25) is 10.0 Å². The molecule has 0 atom stereocenters. The van der Waals surface area contributed by atoms with Gasteiger partial charge in [-0.15, -0.1) is 0 Å². The lowest BCUT2D eigenvalue weighted by Crippen LogP contribution is -2.12. The molecule has 0 bridgehead atoms. The fourth-order valence-corrected chi connectivity index (χ4v) is 3.37. The Labute approximate surface area is 183 Å². The van der Waals surface area contributed by atoms with Crippen molar-refractivity contribution in [1.82, 2.24) is 4.98 Å². The number of thiol groups is 1. The van der Waals surface area contributed by atoms with Gasteiger partial charge in [-0.2, -0.15) is 0 Å². The first-order chi connectivity index (χ1) is 14.1. The number of H-pyrrole nitrogens is 1. The van der Waals surface area contributed by atoms with E-state index < -0.39 is 22.6 Å². The van der Waals surface area contributed by atoms with Gasteiger partial charge >= 0.3 is 5.97 Å². The number of carbonyl (C=O) groups excluding carboxylic acids is 1. The highest BCUT2D eigenvalue weighted by molar-refractivity contribution is 7.72. The Morgan fingerprint density at radius 1 is 1.20 bits per heavy atom. The number of anilines is 1. The van der Waals surface area contributed by atoms with Gasteiger partial charge in [0.15, 0.2) is 10.7 Å². The number of hydrogen-bond donors (Lipinski definition) is 5. The van der Waals surface area contributed by atoms with E-state index in [1.807, 2.05) is 0 Å². The minimum absolute atomic E-state index is 0.151. The number of nitrogens with one attached hydrogen (secondary N) is 2. The first-order valence-electron chi connectivity index (χ1n) is 8.24. The zero-order valence-corrected chi connectivity index (χ0v) is 17.7. The number of rotatable bonds is 6. The lowest BCUT2D eigenvalue weighted by Gasteiger charge is -2.06. The topological polar surface area (TPSA) is 142 Å². The highest BCUT2D eigenvalue weighted by Gasteiger charge is 2.13. The lowest BCUT2D eigenvalue weighted by molar-refractivity contribution is -0.112. The van der Waals surface area contributed by atoms with E-state index in [1.54, 1.807) is 30.3 Å². The molecule has 1 heterocycles. The number of nitrogens with two attached hydrogens (primary N) is 1. The van der Waals surface area contributed by atoms with Crippen molar-refractivity contribution in [2.75, 3.05) is 11.2 Å². The predicted octanol–water partition coefficient (Wildman–Crippen LogP) is 3.34. The summed E-state index contributed by atoms with van der Waals surface area (Å²) in [6, 6.07) is 9.82. The molecule has 1 aromatic heterocycles. The molecule has 0 spiro atoms. The molecule has 11 heteroatoms. The number of halogens is 2. The number of carboxylic acids is 1. The normalized spacial score (nSPS) is 10.4. The van der Waals surface area contributed by atoms with Crippen LogP contribution in [0, 0.1) is 0 Å². The van der Waals surface area contributed by atoms with Gasteiger partial charge in [0, 0.05) is 33.4 Å². The van der Waals surface area contributed by atoms with Gasteiger partial charge < -0.3 is 21.1 Å². The number of carbonyl (C=O) groups is 2. The number of amides is 1. The number of hydrogen-bond acceptors (Lipinski definition) is 5. The second kappa shape index (κ2) is 10.1. The fourth-order valence-electron chi connectivity index (χ4n) is 2.47. The number of fused-ring (bicyclic) bond motifs is 1. The maximum atomic E-state index is 10.9. The van der Waals surface area contributed by atoms with Gasteiger partial charge in [0.25, 0.3) is 0 Å². The molecule has 0 aliphatic carbocycles. The van der Waals surface area contributed by atoms with Crippen LogP contribution in [0.3, 0.4) is 0 Å². The van der Waals surface area contributed by atoms with Crippen molar-refractivity contribution in [2.45, 2.75) is 0 Å². The second-order valence-electron chi connectivity index (χ2n) is 5.91. The van der Waals surface area contributed by atoms with Crippen molar-refractivity contribution in [3.63, 3.8) is 0 Å². The monoisotopic (exact) mass is 469 g/mol. The van der Waals surface area contributed by atoms with Crippen LogP contribution >= 0.6 is 23.2 Å². The Bertz CT molecular complexity index is 1200. The summed E-state index contributed by atoms with van der Waals surface area (Å²) in [5.74, 6) is -1.77. The molecule has 5 N–H and O–H groups in total. The molecule has 3 rings (SSSR count). The molecular formula is C19H17Cl2N3O5S. The largest absolute Gasteiger partial charge is 0.478 e. The van der Waals surface area contributed by atoms with E-state index in [2.05, 4.69) is 16.9 Å². The van der Waals surface area contributed by atoms with Gasteiger partial charge in [-0.05, 0) is 29.8 Å². The van der Waals surface area contributed by atoms with Crippen LogP contribution in [0.15, 0.2) is 49.2 Å². The van der Waals surface area contributed by atoms with Crippen molar-refractivity contribution in [2.24, 2.45) is 5.73 Å². The smallest absolute Gasteiger partial charge is 0.337 e. The molecule has 1 amide bonds. The number of aromatic amines is 1. The summed E-state index contributed by atoms with van der Waals surface area (Å²) in [6.45, 7) is 3.54. The zero-order chi connectivity index (χ0) is 22.4. The van der Waals surface area contributed by atoms with E-state index in [0.717, 1.165) is 0 Å². The summed E-state index contributed by atoms with van der Waals surface area (Å²) in [4.78, 5) is 24.5. The average molecular weight is 470 g/mol. The highest BCUT2D eigenvalue weighted by atomic mass is 35.5. The van der Waals surface area contributed by atoms with Gasteiger partial charge in [-0.1, -0.05) is 41.9 Å². The Hall–Kier alpha value is -3.01. The van der Waals surface area contributed by atoms with Crippen LogP contribution in [0.25, 0.3) is 16.5 Å². The highest BCUT2D eigenvalue weighted by Crippen LogP contribution is 2.30. The first kappa shape index (κ1) is 23.3. The van der Waals surface area contributed by atoms with Crippen molar-refractivity contribution in [3.05, 3.63) is 70.3 Å². The van der Waals surface area contributed by atoms with E-state index in [4.69, 9.17) is 34.0 Å². The molecular weight excluding hydrogens is 453 g/mol. The van der Waals surface area contributed by atoms with Gasteiger partial charge in [0.05, 0.1) is 10.6 Å². The number of aromatic carboxylic acids is 1. The number of aromatic nitrogens is 1. The quantitative estimate of drug-likeness (QED) is 0.276. The Balaban J connectivity index is 0.000000215. The van der Waals surface area contributed by atoms with Gasteiger partial charge in [-0.3, -0.25) is 4.79 Å². The molecule has 30 heavy (non-hydrogen) atoms. The molecule has 0 aliphatic rings. The van der Waals surface area contributed by atoms with Gasteiger partial charge in [-0.25, -0.2) is 13.2 Å². The van der Waals surface area contributed by atoms with Gasteiger partial charge in [0.2, 0.25) is 5.91 Å². The average Bonchev–Trinajstić information content (AvgIpc) is 3.11. The number of benzene rings is 2. The van der Waals surface area contributed by atoms with Crippen molar-refractivity contribution < 1.29 is 23.1 Å². The van der Waals surface area contributed by atoms with E-state index in [0.29, 0.717) is 32.2 Å². The maximum absolute atomic E-state index is 10.9. The molecule has 2 aromatic carbocycles. The second-order valence-corrected chi connectivity index (χ2v) is 7.73. The molecule has 0 unspecified atom stereocenters. The summed E-state index contributed by atoms with van der Waals surface area (Å²) < 4.78 is 20.8. The summed E-state index contributed by atoms with van der Waals surface area (Å²) in [5, 5.41) is 12.8. The zero-order valence-electron chi connectivity index (χ0n) is 15.3. The third-order valence-electron chi connectivity index (χ3n) is 3.85. The van der Waals surface area contributed by atoms with Crippen LogP contribution in [-0.2, 0) is 15.5 Å². The van der Waals surface area contributed by atoms with Gasteiger partial charge in [0.1, 0.15) is 5.88 Å². The van der Waals surface area contributed by atoms with Crippen LogP contribution in [0.1, 0.15) is 15.9 Å². The lowest BCUT2D eigenvalue weighted by atomic mass is 10.1. The molecule has 8 nitrogen and oxygen atoms in total. The van der Waals surface area contributed by atoms with Crippen molar-refractivity contribution in [1.29, 1.82) is 0 Å². The maximum Gasteiger partial charge on any atom is 0.337 e. The van der Waals surface area contributed by atoms with Crippen LogP contribution in [-0.4, -0.2) is 36.3 Å². The van der Waals surface area contributed by atoms with Crippen molar-refractivity contribution >= 4 is 67.9 Å². The van der Waals surface area contributed by atoms with Crippen LogP contribution in [0.5, 0.6) is 0 Å². The molecule has 0 saturated carbocycles. The van der Waals surface area contributed by atoms with Crippen LogP contribution < -0.4 is 11.1 Å². The standard InChI is InChI=1S/C10H12N2O3S.C9H5Cl2NO2/c1-7(10(11)13)8-3-2-4-9(5-8)12-6-16(14)15;10-4-1-6(11)8-5(9(13)14)3-12-7(8)2-4/h2-5,12,16H,1,6H2,(H2,11,13);1-3,12H,(H,13,14). The SMILES string of the molecule is C=C(C(N)=O)c1cccc(NC[SH](=O)=O)c1.O=C(O)c1c[nH]c2cc(Cl)cc(Cl)c12. The van der Waals surface area contributed by atoms with E-state index in [9.17, 15) is 18.0 Å². The number of primary amides is 1.